The van der Waals surface area contributed by atoms with E-state index >= 15 is 0 Å². The van der Waals surface area contributed by atoms with E-state index in [4.69, 9.17) is 5.14 Å². The Kier molecular flexibility index (Phi) is 4.50. The van der Waals surface area contributed by atoms with Gasteiger partial charge in [-0.25, -0.2) is 10.1 Å². The molecule has 1 aromatic heterocycles. The van der Waals surface area contributed by atoms with Crippen LogP contribution >= 0.6 is 0 Å². The summed E-state index contributed by atoms with van der Waals surface area (Å²) in [7, 11) is -3.84. The zero-order valence-corrected chi connectivity index (χ0v) is 11.7. The molecule has 2 rings (SSSR count). The molecule has 4 N–H and O–H groups in total. The number of rotatable bonds is 6. The van der Waals surface area contributed by atoms with Crippen molar-refractivity contribution in [3.8, 4) is 0 Å². The molecule has 0 saturated heterocycles. The highest BCUT2D eigenvalue weighted by atomic mass is 32.2. The summed E-state index contributed by atoms with van der Waals surface area (Å²) in [6.07, 6.45) is 3.13. The van der Waals surface area contributed by atoms with Crippen LogP contribution in [0.4, 0.5) is 11.4 Å². The van der Waals surface area contributed by atoms with E-state index < -0.39 is 10.2 Å². The van der Waals surface area contributed by atoms with E-state index in [1.54, 1.807) is 16.8 Å². The Balaban J connectivity index is 1.93. The smallest absolute Gasteiger partial charge is 0.296 e. The number of benzene rings is 1. The van der Waals surface area contributed by atoms with Gasteiger partial charge in [0.05, 0.1) is 12.2 Å². The van der Waals surface area contributed by atoms with Crippen LogP contribution in [0.25, 0.3) is 0 Å². The summed E-state index contributed by atoms with van der Waals surface area (Å²) in [5.41, 5.74) is 0.735. The fraction of sp³-hybridized carbons (Fsp3) is 0.182. The van der Waals surface area contributed by atoms with Gasteiger partial charge in [0.25, 0.3) is 10.2 Å². The lowest BCUT2D eigenvalue weighted by Gasteiger charge is -2.08. The Bertz CT molecular complexity index is 713. The molecule has 0 unspecified atom stereocenters. The second-order valence-corrected chi connectivity index (χ2v) is 5.48. The van der Waals surface area contributed by atoms with Crippen molar-refractivity contribution in [2.45, 2.75) is 13.0 Å². The number of hydrogen-bond acceptors (Lipinski definition) is 5. The maximum atomic E-state index is 11.8. The van der Waals surface area contributed by atoms with E-state index in [0.29, 0.717) is 12.2 Å². The fourth-order valence-corrected chi connectivity index (χ4v) is 2.07. The third kappa shape index (κ3) is 5.20. The van der Waals surface area contributed by atoms with E-state index in [0.717, 1.165) is 0 Å². The highest BCUT2D eigenvalue weighted by molar-refractivity contribution is 7.90. The lowest BCUT2D eigenvalue weighted by Crippen LogP contribution is -2.21. The maximum Gasteiger partial charge on any atom is 0.296 e. The van der Waals surface area contributed by atoms with Crippen molar-refractivity contribution in [1.29, 1.82) is 0 Å². The Morgan fingerprint density at radius 3 is 2.76 bits per heavy atom. The van der Waals surface area contributed by atoms with Gasteiger partial charge in [0.15, 0.2) is 0 Å². The molecule has 0 radical (unpaired) electrons. The van der Waals surface area contributed by atoms with Crippen LogP contribution in [0, 0.1) is 0 Å². The van der Waals surface area contributed by atoms with Crippen LogP contribution in [0.1, 0.15) is 6.42 Å². The summed E-state index contributed by atoms with van der Waals surface area (Å²) < 4.78 is 25.5. The van der Waals surface area contributed by atoms with Crippen LogP contribution < -0.4 is 15.2 Å². The average Bonchev–Trinajstić information content (AvgIpc) is 2.87. The first-order valence-electron chi connectivity index (χ1n) is 5.95. The molecule has 1 amide bonds. The molecule has 1 aromatic carbocycles. The van der Waals surface area contributed by atoms with E-state index in [9.17, 15) is 13.2 Å². The van der Waals surface area contributed by atoms with Crippen LogP contribution in [0.15, 0.2) is 36.9 Å². The number of amides is 1. The third-order valence-electron chi connectivity index (χ3n) is 2.44. The Labute approximate surface area is 121 Å². The molecule has 2 aromatic rings. The molecule has 0 aliphatic heterocycles. The Morgan fingerprint density at radius 1 is 1.33 bits per heavy atom. The number of aromatic nitrogens is 3. The summed E-state index contributed by atoms with van der Waals surface area (Å²) in [5.74, 6) is -0.224. The average molecular weight is 310 g/mol. The van der Waals surface area contributed by atoms with Crippen molar-refractivity contribution < 1.29 is 13.2 Å². The largest absolute Gasteiger partial charge is 0.326 e. The van der Waals surface area contributed by atoms with Gasteiger partial charge in [-0.05, 0) is 18.2 Å². The fourth-order valence-electron chi connectivity index (χ4n) is 1.61. The minimum atomic E-state index is -3.84. The molecule has 9 nitrogen and oxygen atoms in total. The number of nitrogens with zero attached hydrogens (tertiary/aromatic N) is 3. The first-order valence-corrected chi connectivity index (χ1v) is 7.50. The molecule has 0 spiro atoms. The van der Waals surface area contributed by atoms with Crippen molar-refractivity contribution in [3.05, 3.63) is 36.9 Å². The molecule has 0 bridgehead atoms. The van der Waals surface area contributed by atoms with Crippen LogP contribution in [0.5, 0.6) is 0 Å². The predicted octanol–water partition coefficient (Wildman–Crippen LogP) is -0.0777. The Hall–Kier alpha value is -2.46. The van der Waals surface area contributed by atoms with Crippen LogP contribution in [-0.2, 0) is 21.5 Å². The normalized spacial score (nSPS) is 11.1. The van der Waals surface area contributed by atoms with Gasteiger partial charge in [0.2, 0.25) is 5.91 Å². The van der Waals surface area contributed by atoms with E-state index in [1.807, 2.05) is 0 Å². The SMILES string of the molecule is NS(=O)(=O)Nc1cccc(NC(=O)CCn2cncn2)c1. The van der Waals surface area contributed by atoms with Crippen LogP contribution in [0.3, 0.4) is 0 Å². The van der Waals surface area contributed by atoms with Gasteiger partial charge in [-0.3, -0.25) is 14.2 Å². The number of nitrogens with two attached hydrogens (primary N) is 1. The topological polar surface area (TPSA) is 132 Å². The van der Waals surface area contributed by atoms with Crippen molar-refractivity contribution in [2.24, 2.45) is 5.14 Å². The van der Waals surface area contributed by atoms with Crippen LogP contribution in [-0.4, -0.2) is 29.1 Å². The third-order valence-corrected chi connectivity index (χ3v) is 2.96. The summed E-state index contributed by atoms with van der Waals surface area (Å²) in [4.78, 5) is 15.5. The summed E-state index contributed by atoms with van der Waals surface area (Å²) in [6, 6.07) is 6.23. The van der Waals surface area contributed by atoms with Gasteiger partial charge >= 0.3 is 0 Å². The molecule has 1 heterocycles. The van der Waals surface area contributed by atoms with Crippen LogP contribution in [0.2, 0.25) is 0 Å². The van der Waals surface area contributed by atoms with Gasteiger partial charge < -0.3 is 5.32 Å². The molecule has 0 fully saturated rings. The second kappa shape index (κ2) is 6.33. The molecule has 21 heavy (non-hydrogen) atoms. The molecule has 112 valence electrons. The van der Waals surface area contributed by atoms with Crippen molar-refractivity contribution >= 4 is 27.5 Å². The van der Waals surface area contributed by atoms with Gasteiger partial charge in [-0.1, -0.05) is 6.07 Å². The second-order valence-electron chi connectivity index (χ2n) is 4.18. The number of aryl methyl sites for hydroxylation is 1. The first-order chi connectivity index (χ1) is 9.92. The lowest BCUT2D eigenvalue weighted by atomic mass is 10.2. The summed E-state index contributed by atoms with van der Waals surface area (Å²) in [6.45, 7) is 0.404. The zero-order chi connectivity index (χ0) is 15.3. The highest BCUT2D eigenvalue weighted by Gasteiger charge is 2.06. The van der Waals surface area contributed by atoms with Gasteiger partial charge in [0.1, 0.15) is 12.7 Å². The van der Waals surface area contributed by atoms with E-state index in [2.05, 4.69) is 20.1 Å². The highest BCUT2D eigenvalue weighted by Crippen LogP contribution is 2.15. The number of carbonyl (C=O) groups is 1. The molecule has 0 saturated carbocycles. The van der Waals surface area contributed by atoms with Crippen molar-refractivity contribution in [1.82, 2.24) is 14.8 Å². The standard InChI is InChI=1S/C11H14N6O3S/c12-21(19,20)16-10-3-1-2-9(6-10)15-11(18)4-5-17-8-13-7-14-17/h1-3,6-8,16H,4-5H2,(H,15,18)(H2,12,19,20). The molecular formula is C11H14N6O3S. The number of carbonyl (C=O) groups excluding carboxylic acids is 1. The molecular weight excluding hydrogens is 296 g/mol. The number of hydrogen-bond donors (Lipinski definition) is 3. The predicted molar refractivity (Wildman–Crippen MR) is 76.4 cm³/mol. The van der Waals surface area contributed by atoms with Crippen molar-refractivity contribution in [3.63, 3.8) is 0 Å². The minimum Gasteiger partial charge on any atom is -0.326 e. The molecule has 0 aliphatic carbocycles. The number of nitrogens with one attached hydrogen (secondary N) is 2. The van der Waals surface area contributed by atoms with Gasteiger partial charge in [-0.15, -0.1) is 0 Å². The zero-order valence-electron chi connectivity index (χ0n) is 10.9. The molecule has 0 atom stereocenters. The number of anilines is 2. The van der Waals surface area contributed by atoms with Gasteiger partial charge in [-0.2, -0.15) is 13.5 Å². The quantitative estimate of drug-likeness (QED) is 0.686. The van der Waals surface area contributed by atoms with E-state index in [-0.39, 0.29) is 18.0 Å². The van der Waals surface area contributed by atoms with Gasteiger partial charge in [0, 0.05) is 12.1 Å². The summed E-state index contributed by atoms with van der Waals surface area (Å²) in [5, 5.41) is 11.4. The Morgan fingerprint density at radius 2 is 2.10 bits per heavy atom. The van der Waals surface area contributed by atoms with Crippen molar-refractivity contribution in [2.75, 3.05) is 10.0 Å². The van der Waals surface area contributed by atoms with E-state index in [1.165, 1.54) is 24.8 Å². The minimum absolute atomic E-state index is 0.218. The first kappa shape index (κ1) is 14.9. The maximum absolute atomic E-state index is 11.8. The monoisotopic (exact) mass is 310 g/mol. The molecule has 10 heteroatoms. The summed E-state index contributed by atoms with van der Waals surface area (Å²) >= 11 is 0. The molecule has 0 aliphatic rings. The lowest BCUT2D eigenvalue weighted by molar-refractivity contribution is -0.116.